The van der Waals surface area contributed by atoms with E-state index in [4.69, 9.17) is 0 Å². The summed E-state index contributed by atoms with van der Waals surface area (Å²) in [6, 6.07) is 33.6. The molecule has 5 aliphatic rings. The number of amides is 5. The lowest BCUT2D eigenvalue weighted by atomic mass is 10.0. The zero-order valence-corrected chi connectivity index (χ0v) is 67.0. The SMILES string of the molecule is C=CCN(C(=O)Cc1ccc(S(C)(=O)=O)cc1)C1CCNCC1.C=CCN(C(=O)Cc1ccc([N+](=O)[O-])cc1)C1CCNCC1.CCCN(C(=O)Cc1ccc(S(C)(=O)=O)cc1)C1CCNCC1.CCN(C(=O)Cc1ccc(F)cc1)C1CCNCC1.CCN(C(=O)Cc1ccc(S(C)(=O)=O)cc1)C1CCNCC1. The summed E-state index contributed by atoms with van der Waals surface area (Å²) in [5.74, 6) is 0.222. The number of nitrogens with zero attached hydrogens (tertiary/aromatic N) is 6. The largest absolute Gasteiger partial charge is 0.340 e. The fourth-order valence-electron chi connectivity index (χ4n) is 14.1. The maximum Gasteiger partial charge on any atom is 0.269 e. The molecule has 5 amide bonds. The molecule has 5 saturated heterocycles. The Labute approximate surface area is 646 Å². The van der Waals surface area contributed by atoms with E-state index in [0.29, 0.717) is 57.0 Å². The Balaban J connectivity index is 0.000000213. The Bertz CT molecular complexity index is 4040. The number of hydrogen-bond acceptors (Lipinski definition) is 18. The van der Waals surface area contributed by atoms with Crippen LogP contribution in [0.2, 0.25) is 0 Å². The van der Waals surface area contributed by atoms with Gasteiger partial charge in [0.2, 0.25) is 29.5 Å². The topological polar surface area (TPSA) is 307 Å². The van der Waals surface area contributed by atoms with Gasteiger partial charge in [-0.15, -0.1) is 13.2 Å². The summed E-state index contributed by atoms with van der Waals surface area (Å²) in [5, 5.41) is 27.2. The summed E-state index contributed by atoms with van der Waals surface area (Å²) in [5.41, 5.74) is 4.24. The van der Waals surface area contributed by atoms with E-state index in [0.717, 1.165) is 177 Å². The van der Waals surface area contributed by atoms with Crippen molar-refractivity contribution in [1.29, 1.82) is 0 Å². The third kappa shape index (κ3) is 30.6. The number of carbonyl (C=O) groups is 5. The fourth-order valence-corrected chi connectivity index (χ4v) is 16.0. The van der Waals surface area contributed by atoms with Gasteiger partial charge in [-0.05, 0) is 226 Å². The van der Waals surface area contributed by atoms with Gasteiger partial charge in [-0.2, -0.15) is 0 Å². The molecule has 0 unspecified atom stereocenters. The lowest BCUT2D eigenvalue weighted by Gasteiger charge is -2.34. The van der Waals surface area contributed by atoms with Gasteiger partial charge < -0.3 is 51.1 Å². The number of sulfone groups is 3. The zero-order valence-electron chi connectivity index (χ0n) is 64.5. The highest BCUT2D eigenvalue weighted by Gasteiger charge is 2.30. The first kappa shape index (κ1) is 89.8. The summed E-state index contributed by atoms with van der Waals surface area (Å²) in [6.07, 6.45) is 19.4. The van der Waals surface area contributed by atoms with Gasteiger partial charge in [-0.25, -0.2) is 29.6 Å². The number of likely N-dealkylation sites (N-methyl/N-ethyl adjacent to an activating group) is 2. The Morgan fingerprint density at radius 1 is 0.394 bits per heavy atom. The molecule has 0 radical (unpaired) electrons. The van der Waals surface area contributed by atoms with Gasteiger partial charge in [0.25, 0.3) is 5.69 Å². The molecule has 598 valence electrons. The van der Waals surface area contributed by atoms with Crippen LogP contribution in [0.5, 0.6) is 0 Å². The van der Waals surface area contributed by atoms with Crippen LogP contribution in [0.4, 0.5) is 10.1 Å². The van der Waals surface area contributed by atoms with Gasteiger partial charge in [0.05, 0.1) is 51.7 Å². The van der Waals surface area contributed by atoms with E-state index in [1.54, 1.807) is 109 Å². The first-order chi connectivity index (χ1) is 52.1. The molecule has 0 atom stereocenters. The van der Waals surface area contributed by atoms with Crippen LogP contribution in [-0.4, -0.2) is 231 Å². The van der Waals surface area contributed by atoms with Crippen molar-refractivity contribution in [2.24, 2.45) is 0 Å². The quantitative estimate of drug-likeness (QED) is 0.0188. The van der Waals surface area contributed by atoms with E-state index >= 15 is 0 Å². The molecule has 0 aliphatic carbocycles. The number of nitrogens with one attached hydrogen (secondary N) is 5. The highest BCUT2D eigenvalue weighted by molar-refractivity contribution is 7.91. The maximum absolute atomic E-state index is 12.8. The number of hydrogen-bond donors (Lipinski definition) is 5. The smallest absolute Gasteiger partial charge is 0.269 e. The predicted molar refractivity (Wildman–Crippen MR) is 427 cm³/mol. The van der Waals surface area contributed by atoms with Crippen LogP contribution in [-0.2, 0) is 85.6 Å². The number of nitro groups is 1. The number of non-ortho nitro benzene ring substituents is 1. The highest BCUT2D eigenvalue weighted by atomic mass is 32.2. The van der Waals surface area contributed by atoms with E-state index in [9.17, 15) is 63.7 Å². The molecule has 5 aromatic carbocycles. The van der Waals surface area contributed by atoms with Crippen molar-refractivity contribution < 1.29 is 58.5 Å². The summed E-state index contributed by atoms with van der Waals surface area (Å²) < 4.78 is 81.6. The average molecular weight is 1570 g/mol. The van der Waals surface area contributed by atoms with Gasteiger partial charge in [0.1, 0.15) is 5.82 Å². The molecule has 24 nitrogen and oxygen atoms in total. The van der Waals surface area contributed by atoms with Crippen LogP contribution < -0.4 is 26.6 Å². The van der Waals surface area contributed by atoms with Gasteiger partial charge in [-0.1, -0.05) is 79.7 Å². The van der Waals surface area contributed by atoms with Crippen LogP contribution in [0, 0.1) is 15.9 Å². The molecule has 28 heteroatoms. The van der Waals surface area contributed by atoms with Crippen LogP contribution >= 0.6 is 0 Å². The molecule has 0 saturated carbocycles. The zero-order chi connectivity index (χ0) is 79.5. The minimum Gasteiger partial charge on any atom is -0.340 e. The number of nitro benzene ring substituents is 1. The molecule has 5 heterocycles. The number of piperidine rings is 5. The summed E-state index contributed by atoms with van der Waals surface area (Å²) in [6.45, 7) is 26.4. The van der Waals surface area contributed by atoms with Gasteiger partial charge in [0.15, 0.2) is 29.5 Å². The minimum absolute atomic E-state index is 0.0394. The normalized spacial score (nSPS) is 16.1. The summed E-state index contributed by atoms with van der Waals surface area (Å²) >= 11 is 0. The van der Waals surface area contributed by atoms with E-state index < -0.39 is 34.4 Å². The van der Waals surface area contributed by atoms with Crippen molar-refractivity contribution in [3.63, 3.8) is 0 Å². The Kier molecular flexibility index (Phi) is 37.8. The second kappa shape index (κ2) is 45.9. The molecule has 0 bridgehead atoms. The Morgan fingerprint density at radius 3 is 0.844 bits per heavy atom. The minimum atomic E-state index is -3.21. The van der Waals surface area contributed by atoms with Crippen molar-refractivity contribution in [3.05, 3.63) is 190 Å². The molecule has 0 aromatic heterocycles. The Morgan fingerprint density at radius 2 is 0.615 bits per heavy atom. The molecule has 10 rings (SSSR count). The number of rotatable bonds is 27. The Hall–Kier alpha value is -8.09. The second-order valence-corrected chi connectivity index (χ2v) is 34.3. The van der Waals surface area contributed by atoms with Crippen molar-refractivity contribution in [2.45, 2.75) is 168 Å². The summed E-state index contributed by atoms with van der Waals surface area (Å²) in [4.78, 5) is 83.4. The molecule has 0 spiro atoms. The third-order valence-electron chi connectivity index (χ3n) is 20.0. The molecular weight excluding hydrogens is 1450 g/mol. The van der Waals surface area contributed by atoms with Gasteiger partial charge in [0, 0.05) is 93.8 Å². The van der Waals surface area contributed by atoms with Crippen molar-refractivity contribution >= 4 is 64.7 Å². The average Bonchev–Trinajstić information content (AvgIpc) is 0.832. The number of benzene rings is 5. The molecular formula is C81H116FN11O13S3. The first-order valence-corrected chi connectivity index (χ1v) is 43.8. The van der Waals surface area contributed by atoms with Gasteiger partial charge in [-0.3, -0.25) is 34.1 Å². The predicted octanol–water partition coefficient (Wildman–Crippen LogP) is 8.13. The lowest BCUT2D eigenvalue weighted by Crippen LogP contribution is -2.47. The highest BCUT2D eigenvalue weighted by Crippen LogP contribution is 2.23. The van der Waals surface area contributed by atoms with Crippen molar-refractivity contribution in [1.82, 2.24) is 51.1 Å². The van der Waals surface area contributed by atoms with Crippen LogP contribution in [0.25, 0.3) is 0 Å². The number of halogens is 1. The molecule has 109 heavy (non-hydrogen) atoms. The molecule has 5 fully saturated rings. The first-order valence-electron chi connectivity index (χ1n) is 38.1. The van der Waals surface area contributed by atoms with E-state index in [2.05, 4.69) is 46.7 Å². The van der Waals surface area contributed by atoms with E-state index in [-0.39, 0.29) is 80.7 Å². The lowest BCUT2D eigenvalue weighted by molar-refractivity contribution is -0.384. The molecule has 5 aromatic rings. The third-order valence-corrected chi connectivity index (χ3v) is 23.4. The van der Waals surface area contributed by atoms with Crippen LogP contribution in [0.3, 0.4) is 0 Å². The fraction of sp³-hybridized carbons (Fsp3) is 0.519. The summed E-state index contributed by atoms with van der Waals surface area (Å²) in [7, 11) is -9.59. The van der Waals surface area contributed by atoms with E-state index in [1.807, 2.05) is 38.3 Å². The molecule has 5 N–H and O–H groups in total. The van der Waals surface area contributed by atoms with Crippen molar-refractivity contribution in [2.75, 3.05) is 117 Å². The standard InChI is InChI=1S/C17H26N2O3S.C17H24N2O3S.C16H21N3O3.C16H24N2O3S.C15H21FN2O/c2*1-3-12-19(15-8-10-18-11-9-15)17(20)13-14-4-6-16(7-5-14)23(2,21)22;1-2-11-18(14-7-9-17-10-8-14)16(20)12-13-3-5-15(6-4-13)19(21)22;1-3-18(14-8-10-17-11-9-14)16(19)12-13-4-6-15(7-5-13)22(2,20)21;1-2-18(14-7-9-17-10-8-14)15(19)11-12-3-5-13(16)6-4-12/h4-7,15,18H,3,8-13H2,1-2H3;3-7,15,18H,1,8-13H2,2H3;2-6,14,17H,1,7-12H2;4-7,14,17H,3,8-12H2,1-2H3;3-6,14,17H,2,7-11H2,1H3. The number of carbonyl (C=O) groups excluding carboxylic acids is 5. The molecule has 5 aliphatic heterocycles. The maximum atomic E-state index is 12.8. The van der Waals surface area contributed by atoms with Gasteiger partial charge >= 0.3 is 0 Å². The van der Waals surface area contributed by atoms with E-state index in [1.165, 1.54) is 43.0 Å². The monoisotopic (exact) mass is 1570 g/mol. The van der Waals surface area contributed by atoms with Crippen molar-refractivity contribution in [3.8, 4) is 0 Å². The van der Waals surface area contributed by atoms with Crippen LogP contribution in [0.15, 0.2) is 161 Å². The van der Waals surface area contributed by atoms with Crippen LogP contribution in [0.1, 0.15) is 119 Å². The second-order valence-electron chi connectivity index (χ2n) is 28.2.